The Balaban J connectivity index is 2.21. The van der Waals surface area contributed by atoms with Crippen LogP contribution in [0.3, 0.4) is 0 Å². The van der Waals surface area contributed by atoms with Crippen LogP contribution in [0.1, 0.15) is 42.1 Å². The lowest BCUT2D eigenvalue weighted by Gasteiger charge is -2.33. The highest BCUT2D eigenvalue weighted by Crippen LogP contribution is 2.28. The standard InChI is InChI=1S/C15H18N2O2/c1-2-11-5-7-17(8-6-11)14-4-3-12(15(18)19)9-13(14)10-16/h3-4,9,11H,2,5-8H2,1H3,(H,18,19). The predicted octanol–water partition coefficient (Wildman–Crippen LogP) is 2.88. The molecule has 1 aliphatic rings. The van der Waals surface area contributed by atoms with Gasteiger partial charge in [0.1, 0.15) is 6.07 Å². The lowest BCUT2D eigenvalue weighted by atomic mass is 9.93. The van der Waals surface area contributed by atoms with Crippen molar-refractivity contribution in [2.45, 2.75) is 26.2 Å². The van der Waals surface area contributed by atoms with Crippen LogP contribution in [0.4, 0.5) is 5.69 Å². The van der Waals surface area contributed by atoms with E-state index in [0.29, 0.717) is 5.56 Å². The first kappa shape index (κ1) is 13.4. The van der Waals surface area contributed by atoms with Crippen LogP contribution < -0.4 is 4.90 Å². The van der Waals surface area contributed by atoms with E-state index in [2.05, 4.69) is 17.9 Å². The number of nitriles is 1. The van der Waals surface area contributed by atoms with Crippen molar-refractivity contribution in [2.24, 2.45) is 5.92 Å². The summed E-state index contributed by atoms with van der Waals surface area (Å²) in [6.45, 7) is 4.10. The molecular weight excluding hydrogens is 240 g/mol. The van der Waals surface area contributed by atoms with Crippen molar-refractivity contribution in [1.82, 2.24) is 0 Å². The van der Waals surface area contributed by atoms with Crippen molar-refractivity contribution in [1.29, 1.82) is 5.26 Å². The van der Waals surface area contributed by atoms with Gasteiger partial charge in [-0.3, -0.25) is 0 Å². The summed E-state index contributed by atoms with van der Waals surface area (Å²) in [5.41, 5.74) is 1.49. The van der Waals surface area contributed by atoms with Crippen LogP contribution >= 0.6 is 0 Å². The lowest BCUT2D eigenvalue weighted by molar-refractivity contribution is 0.0697. The van der Waals surface area contributed by atoms with E-state index in [0.717, 1.165) is 37.5 Å². The van der Waals surface area contributed by atoms with Gasteiger partial charge in [0, 0.05) is 13.1 Å². The Kier molecular flexibility index (Phi) is 4.06. The fourth-order valence-electron chi connectivity index (χ4n) is 2.62. The van der Waals surface area contributed by atoms with E-state index in [9.17, 15) is 10.1 Å². The summed E-state index contributed by atoms with van der Waals surface area (Å²) in [6, 6.07) is 6.90. The Hall–Kier alpha value is -2.02. The number of piperidine rings is 1. The summed E-state index contributed by atoms with van der Waals surface area (Å²) in [4.78, 5) is 13.1. The molecule has 0 bridgehead atoms. The van der Waals surface area contributed by atoms with E-state index >= 15 is 0 Å². The van der Waals surface area contributed by atoms with Crippen LogP contribution in [-0.2, 0) is 0 Å². The molecule has 4 nitrogen and oxygen atoms in total. The number of carboxylic acids is 1. The molecule has 0 atom stereocenters. The van der Waals surface area contributed by atoms with E-state index in [-0.39, 0.29) is 5.56 Å². The Bertz CT molecular complexity index is 511. The highest BCUT2D eigenvalue weighted by molar-refractivity contribution is 5.89. The fraction of sp³-hybridized carbons (Fsp3) is 0.467. The van der Waals surface area contributed by atoms with Crippen molar-refractivity contribution >= 4 is 11.7 Å². The zero-order valence-electron chi connectivity index (χ0n) is 11.1. The van der Waals surface area contributed by atoms with Crippen LogP contribution in [0, 0.1) is 17.2 Å². The van der Waals surface area contributed by atoms with Gasteiger partial charge in [-0.15, -0.1) is 0 Å². The minimum atomic E-state index is -0.993. The number of benzene rings is 1. The van der Waals surface area contributed by atoms with Crippen LogP contribution in [0.2, 0.25) is 0 Å². The molecule has 0 unspecified atom stereocenters. The first-order valence-corrected chi connectivity index (χ1v) is 6.68. The van der Waals surface area contributed by atoms with Crippen molar-refractivity contribution in [3.63, 3.8) is 0 Å². The molecule has 1 N–H and O–H groups in total. The van der Waals surface area contributed by atoms with Crippen molar-refractivity contribution in [3.05, 3.63) is 29.3 Å². The maximum atomic E-state index is 10.9. The van der Waals surface area contributed by atoms with E-state index in [4.69, 9.17) is 5.11 Å². The van der Waals surface area contributed by atoms with Gasteiger partial charge in [0.15, 0.2) is 0 Å². The SMILES string of the molecule is CCC1CCN(c2ccc(C(=O)O)cc2C#N)CC1. The molecule has 2 rings (SSSR count). The molecule has 0 amide bonds. The van der Waals surface area contributed by atoms with E-state index in [1.54, 1.807) is 12.1 Å². The zero-order valence-corrected chi connectivity index (χ0v) is 11.1. The minimum absolute atomic E-state index is 0.170. The molecule has 1 aliphatic heterocycles. The van der Waals surface area contributed by atoms with Crippen LogP contribution in [-0.4, -0.2) is 24.2 Å². The number of carboxylic acid groups (broad SMARTS) is 1. The minimum Gasteiger partial charge on any atom is -0.478 e. The second-order valence-corrected chi connectivity index (χ2v) is 4.99. The van der Waals surface area contributed by atoms with Crippen LogP contribution in [0.5, 0.6) is 0 Å². The number of nitrogens with zero attached hydrogens (tertiary/aromatic N) is 2. The summed E-state index contributed by atoms with van der Waals surface area (Å²) in [7, 11) is 0. The quantitative estimate of drug-likeness (QED) is 0.905. The number of rotatable bonds is 3. The summed E-state index contributed by atoms with van der Waals surface area (Å²) in [6.07, 6.45) is 3.49. The van der Waals surface area contributed by atoms with Gasteiger partial charge >= 0.3 is 5.97 Å². The maximum Gasteiger partial charge on any atom is 0.335 e. The van der Waals surface area contributed by atoms with Gasteiger partial charge < -0.3 is 10.0 Å². The second kappa shape index (κ2) is 5.75. The number of aromatic carboxylic acids is 1. The van der Waals surface area contributed by atoms with Gasteiger partial charge in [0.05, 0.1) is 16.8 Å². The van der Waals surface area contributed by atoms with E-state index in [1.807, 2.05) is 0 Å². The molecule has 1 aromatic rings. The van der Waals surface area contributed by atoms with E-state index in [1.165, 1.54) is 12.5 Å². The monoisotopic (exact) mass is 258 g/mol. The Morgan fingerprint density at radius 2 is 2.16 bits per heavy atom. The Morgan fingerprint density at radius 3 is 2.68 bits per heavy atom. The molecule has 1 saturated heterocycles. The predicted molar refractivity (Wildman–Crippen MR) is 73.3 cm³/mol. The molecule has 0 aromatic heterocycles. The molecule has 0 spiro atoms. The average Bonchev–Trinajstić information content (AvgIpc) is 2.46. The van der Waals surface area contributed by atoms with Gasteiger partial charge in [-0.05, 0) is 37.0 Å². The van der Waals surface area contributed by atoms with Crippen molar-refractivity contribution in [3.8, 4) is 6.07 Å². The molecule has 1 heterocycles. The number of hydrogen-bond acceptors (Lipinski definition) is 3. The van der Waals surface area contributed by atoms with Crippen molar-refractivity contribution in [2.75, 3.05) is 18.0 Å². The second-order valence-electron chi connectivity index (χ2n) is 4.99. The summed E-state index contributed by atoms with van der Waals surface area (Å²) in [5, 5.41) is 18.1. The highest BCUT2D eigenvalue weighted by atomic mass is 16.4. The third-order valence-corrected chi connectivity index (χ3v) is 3.90. The summed E-state index contributed by atoms with van der Waals surface area (Å²) < 4.78 is 0. The van der Waals surface area contributed by atoms with Crippen LogP contribution in [0.15, 0.2) is 18.2 Å². The topological polar surface area (TPSA) is 64.3 Å². The molecule has 100 valence electrons. The van der Waals surface area contributed by atoms with Gasteiger partial charge in [-0.2, -0.15) is 5.26 Å². The molecular formula is C15H18N2O2. The zero-order chi connectivity index (χ0) is 13.8. The molecule has 0 aliphatic carbocycles. The van der Waals surface area contributed by atoms with Crippen LogP contribution in [0.25, 0.3) is 0 Å². The maximum absolute atomic E-state index is 10.9. The molecule has 0 saturated carbocycles. The third-order valence-electron chi connectivity index (χ3n) is 3.90. The normalized spacial score (nSPS) is 16.1. The largest absolute Gasteiger partial charge is 0.478 e. The van der Waals surface area contributed by atoms with Gasteiger partial charge in [-0.1, -0.05) is 13.3 Å². The van der Waals surface area contributed by atoms with Gasteiger partial charge in [0.25, 0.3) is 0 Å². The summed E-state index contributed by atoms with van der Waals surface area (Å²) in [5.74, 6) is -0.215. The Morgan fingerprint density at radius 1 is 1.47 bits per heavy atom. The first-order chi connectivity index (χ1) is 9.15. The number of carbonyl (C=O) groups is 1. The molecule has 0 radical (unpaired) electrons. The third kappa shape index (κ3) is 2.87. The molecule has 4 heteroatoms. The number of hydrogen-bond donors (Lipinski definition) is 1. The van der Waals surface area contributed by atoms with Gasteiger partial charge in [0.2, 0.25) is 0 Å². The fourth-order valence-corrected chi connectivity index (χ4v) is 2.62. The number of anilines is 1. The van der Waals surface area contributed by atoms with Gasteiger partial charge in [-0.25, -0.2) is 4.79 Å². The average molecular weight is 258 g/mol. The molecule has 1 fully saturated rings. The molecule has 19 heavy (non-hydrogen) atoms. The molecule has 1 aromatic carbocycles. The summed E-state index contributed by atoms with van der Waals surface area (Å²) >= 11 is 0. The van der Waals surface area contributed by atoms with Crippen molar-refractivity contribution < 1.29 is 9.90 Å². The lowest BCUT2D eigenvalue weighted by Crippen LogP contribution is -2.34. The smallest absolute Gasteiger partial charge is 0.335 e. The highest BCUT2D eigenvalue weighted by Gasteiger charge is 2.20. The van der Waals surface area contributed by atoms with E-state index < -0.39 is 5.97 Å². The Labute approximate surface area is 113 Å². The first-order valence-electron chi connectivity index (χ1n) is 6.68.